The third-order valence-electron chi connectivity index (χ3n) is 4.90. The van der Waals surface area contributed by atoms with Crippen molar-refractivity contribution in [2.75, 3.05) is 6.54 Å². The first kappa shape index (κ1) is 17.2. The van der Waals surface area contributed by atoms with E-state index in [1.165, 1.54) is 12.1 Å². The van der Waals surface area contributed by atoms with Crippen LogP contribution in [0.1, 0.15) is 27.2 Å². The van der Waals surface area contributed by atoms with Crippen molar-refractivity contribution in [1.82, 2.24) is 9.88 Å². The van der Waals surface area contributed by atoms with Crippen molar-refractivity contribution in [3.8, 4) is 17.2 Å². The number of carbonyl (C=O) groups is 1. The van der Waals surface area contributed by atoms with Gasteiger partial charge in [-0.2, -0.15) is 18.4 Å². The van der Waals surface area contributed by atoms with E-state index in [0.29, 0.717) is 35.5 Å². The molecule has 1 aliphatic heterocycles. The van der Waals surface area contributed by atoms with Gasteiger partial charge in [0.05, 0.1) is 22.7 Å². The monoisotopic (exact) mass is 369 g/mol. The summed E-state index contributed by atoms with van der Waals surface area (Å²) in [5.74, 6) is -0.188. The van der Waals surface area contributed by atoms with Crippen LogP contribution in [0.2, 0.25) is 0 Å². The van der Waals surface area contributed by atoms with Gasteiger partial charge in [-0.25, -0.2) is 0 Å². The molecule has 2 heterocycles. The van der Waals surface area contributed by atoms with Gasteiger partial charge in [0.1, 0.15) is 5.69 Å². The third-order valence-corrected chi connectivity index (χ3v) is 4.90. The Labute approximate surface area is 152 Å². The molecule has 7 heteroatoms. The number of aryl methyl sites for hydroxylation is 1. The van der Waals surface area contributed by atoms with E-state index >= 15 is 0 Å². The van der Waals surface area contributed by atoms with E-state index in [1.807, 2.05) is 11.5 Å². The Bertz CT molecular complexity index is 1120. The summed E-state index contributed by atoms with van der Waals surface area (Å²) in [6, 6.07) is 10.3. The molecule has 1 amide bonds. The number of aromatic nitrogens is 1. The molecule has 4 nitrogen and oxygen atoms in total. The van der Waals surface area contributed by atoms with E-state index in [-0.39, 0.29) is 5.91 Å². The number of nitrogens with one attached hydrogen (secondary N) is 1. The van der Waals surface area contributed by atoms with Crippen LogP contribution in [-0.4, -0.2) is 17.0 Å². The molecule has 0 spiro atoms. The molecule has 27 heavy (non-hydrogen) atoms. The zero-order chi connectivity index (χ0) is 19.3. The summed E-state index contributed by atoms with van der Waals surface area (Å²) in [6.07, 6.45) is -4.41. The van der Waals surface area contributed by atoms with E-state index in [4.69, 9.17) is 0 Å². The van der Waals surface area contributed by atoms with Crippen LogP contribution in [0, 0.1) is 18.3 Å². The molecule has 0 bridgehead atoms. The molecular formula is C20H14F3N3O. The lowest BCUT2D eigenvalue weighted by Crippen LogP contribution is -2.35. The topological polar surface area (TPSA) is 57.8 Å². The Kier molecular flexibility index (Phi) is 3.74. The van der Waals surface area contributed by atoms with Crippen LogP contribution in [0.5, 0.6) is 0 Å². The second-order valence-electron chi connectivity index (χ2n) is 6.49. The maximum absolute atomic E-state index is 12.9. The molecule has 3 aromatic rings. The predicted octanol–water partition coefficient (Wildman–Crippen LogP) is 4.25. The summed E-state index contributed by atoms with van der Waals surface area (Å²) < 4.78 is 40.5. The third kappa shape index (κ3) is 2.65. The van der Waals surface area contributed by atoms with Gasteiger partial charge in [0.25, 0.3) is 5.91 Å². The first-order valence-corrected chi connectivity index (χ1v) is 8.34. The highest BCUT2D eigenvalue weighted by Crippen LogP contribution is 2.37. The number of hydrogen-bond acceptors (Lipinski definition) is 2. The first-order valence-electron chi connectivity index (χ1n) is 8.34. The van der Waals surface area contributed by atoms with E-state index in [1.54, 1.807) is 12.1 Å². The van der Waals surface area contributed by atoms with Crippen molar-refractivity contribution in [2.24, 2.45) is 0 Å². The minimum Gasteiger partial charge on any atom is -0.349 e. The van der Waals surface area contributed by atoms with Gasteiger partial charge in [-0.3, -0.25) is 4.79 Å². The average molecular weight is 369 g/mol. The Morgan fingerprint density at radius 2 is 1.89 bits per heavy atom. The summed E-state index contributed by atoms with van der Waals surface area (Å²) in [5, 5.41) is 12.9. The van der Waals surface area contributed by atoms with Crippen molar-refractivity contribution in [1.29, 1.82) is 5.26 Å². The van der Waals surface area contributed by atoms with Gasteiger partial charge in [0, 0.05) is 24.0 Å². The van der Waals surface area contributed by atoms with Crippen LogP contribution in [0.4, 0.5) is 13.2 Å². The van der Waals surface area contributed by atoms with E-state index in [0.717, 1.165) is 28.6 Å². The standard InChI is InChI=1S/C20H14F3N3O/c1-11-15-8-12(10-24)9-16(13-2-4-14(5-3-13)20(21,22)23)18(15)26-7-6-25-19(27)17(11)26/h2-5,8-9H,6-7H2,1H3,(H,25,27). The van der Waals surface area contributed by atoms with Gasteiger partial charge in [-0.05, 0) is 42.3 Å². The molecule has 0 fully saturated rings. The lowest BCUT2D eigenvalue weighted by Gasteiger charge is -2.18. The quantitative estimate of drug-likeness (QED) is 0.697. The van der Waals surface area contributed by atoms with Crippen molar-refractivity contribution in [3.63, 3.8) is 0 Å². The molecular weight excluding hydrogens is 355 g/mol. The summed E-state index contributed by atoms with van der Waals surface area (Å²) >= 11 is 0. The number of nitrogens with zero attached hydrogens (tertiary/aromatic N) is 2. The lowest BCUT2D eigenvalue weighted by molar-refractivity contribution is -0.137. The number of nitriles is 1. The zero-order valence-corrected chi connectivity index (χ0v) is 14.3. The first-order chi connectivity index (χ1) is 12.8. The fourth-order valence-corrected chi connectivity index (χ4v) is 3.66. The van der Waals surface area contributed by atoms with E-state index in [2.05, 4.69) is 11.4 Å². The lowest BCUT2D eigenvalue weighted by atomic mass is 9.98. The minimum absolute atomic E-state index is 0.188. The number of alkyl halides is 3. The molecule has 2 aromatic carbocycles. The highest BCUT2D eigenvalue weighted by Gasteiger charge is 2.30. The van der Waals surface area contributed by atoms with Crippen LogP contribution in [0.15, 0.2) is 36.4 Å². The van der Waals surface area contributed by atoms with Crippen LogP contribution in [-0.2, 0) is 12.7 Å². The fraction of sp³-hybridized carbons (Fsp3) is 0.200. The average Bonchev–Trinajstić information content (AvgIpc) is 2.94. The summed E-state index contributed by atoms with van der Waals surface area (Å²) in [5.41, 5.74) is 2.91. The highest BCUT2D eigenvalue weighted by molar-refractivity contribution is 6.06. The second-order valence-corrected chi connectivity index (χ2v) is 6.49. The normalized spacial score (nSPS) is 14.0. The van der Waals surface area contributed by atoms with Gasteiger partial charge >= 0.3 is 6.18 Å². The Morgan fingerprint density at radius 1 is 1.19 bits per heavy atom. The fourth-order valence-electron chi connectivity index (χ4n) is 3.66. The maximum atomic E-state index is 12.9. The van der Waals surface area contributed by atoms with Crippen molar-refractivity contribution in [2.45, 2.75) is 19.6 Å². The Morgan fingerprint density at radius 3 is 2.52 bits per heavy atom. The van der Waals surface area contributed by atoms with Gasteiger partial charge < -0.3 is 9.88 Å². The minimum atomic E-state index is -4.41. The molecule has 0 saturated heterocycles. The molecule has 0 atom stereocenters. The molecule has 1 N–H and O–H groups in total. The van der Waals surface area contributed by atoms with Gasteiger partial charge in [-0.15, -0.1) is 0 Å². The molecule has 1 aromatic heterocycles. The smallest absolute Gasteiger partial charge is 0.349 e. The predicted molar refractivity (Wildman–Crippen MR) is 94.2 cm³/mol. The summed E-state index contributed by atoms with van der Waals surface area (Å²) in [4.78, 5) is 12.3. The van der Waals surface area contributed by atoms with Crippen LogP contribution in [0.3, 0.4) is 0 Å². The van der Waals surface area contributed by atoms with Crippen LogP contribution in [0.25, 0.3) is 22.0 Å². The van der Waals surface area contributed by atoms with Gasteiger partial charge in [-0.1, -0.05) is 12.1 Å². The molecule has 0 unspecified atom stereocenters. The second kappa shape index (κ2) is 5.88. The van der Waals surface area contributed by atoms with Crippen LogP contribution < -0.4 is 5.32 Å². The van der Waals surface area contributed by atoms with Gasteiger partial charge in [0.2, 0.25) is 0 Å². The molecule has 136 valence electrons. The number of halogens is 3. The van der Waals surface area contributed by atoms with Crippen molar-refractivity contribution < 1.29 is 18.0 Å². The van der Waals surface area contributed by atoms with Crippen molar-refractivity contribution >= 4 is 16.8 Å². The molecule has 0 radical (unpaired) electrons. The SMILES string of the molecule is Cc1c2n(c3c(-c4ccc(C(F)(F)F)cc4)cc(C#N)cc13)CCNC2=O. The highest BCUT2D eigenvalue weighted by atomic mass is 19.4. The number of carbonyl (C=O) groups excluding carboxylic acids is 1. The summed E-state index contributed by atoms with van der Waals surface area (Å²) in [7, 11) is 0. The van der Waals surface area contributed by atoms with E-state index < -0.39 is 11.7 Å². The maximum Gasteiger partial charge on any atom is 0.416 e. The summed E-state index contributed by atoms with van der Waals surface area (Å²) in [6.45, 7) is 2.85. The number of amides is 1. The number of fused-ring (bicyclic) bond motifs is 3. The largest absolute Gasteiger partial charge is 0.416 e. The molecule has 0 aliphatic carbocycles. The molecule has 4 rings (SSSR count). The Balaban J connectivity index is 2.02. The van der Waals surface area contributed by atoms with E-state index in [9.17, 15) is 23.2 Å². The number of rotatable bonds is 1. The Hall–Kier alpha value is -3.27. The zero-order valence-electron chi connectivity index (χ0n) is 14.3. The van der Waals surface area contributed by atoms with Crippen LogP contribution >= 0.6 is 0 Å². The van der Waals surface area contributed by atoms with Crippen molar-refractivity contribution in [3.05, 3.63) is 58.8 Å². The molecule has 0 saturated carbocycles. The van der Waals surface area contributed by atoms with Gasteiger partial charge in [0.15, 0.2) is 0 Å². The number of benzene rings is 2. The number of hydrogen-bond donors (Lipinski definition) is 1. The molecule has 1 aliphatic rings.